The van der Waals surface area contributed by atoms with E-state index in [1.165, 1.54) is 11.6 Å². The van der Waals surface area contributed by atoms with Crippen LogP contribution in [0.4, 0.5) is 0 Å². The number of likely N-dealkylation sites (N-methyl/N-ethyl adjacent to an activating group) is 1. The van der Waals surface area contributed by atoms with E-state index in [0.717, 1.165) is 5.56 Å². The van der Waals surface area contributed by atoms with Crippen molar-refractivity contribution in [1.82, 2.24) is 4.90 Å². The highest BCUT2D eigenvalue weighted by atomic mass is 35.5. The zero-order valence-electron chi connectivity index (χ0n) is 15.0. The van der Waals surface area contributed by atoms with E-state index in [1.54, 1.807) is 6.08 Å². The van der Waals surface area contributed by atoms with E-state index in [-0.39, 0.29) is 30.3 Å². The molecular weight excluding hydrogens is 334 g/mol. The molecule has 0 spiro atoms. The highest BCUT2D eigenvalue weighted by Crippen LogP contribution is 2.22. The molecule has 134 valence electrons. The molecule has 0 aliphatic carbocycles. The van der Waals surface area contributed by atoms with E-state index >= 15 is 0 Å². The molecule has 0 heterocycles. The third-order valence-corrected chi connectivity index (χ3v) is 4.24. The lowest BCUT2D eigenvalue weighted by molar-refractivity contribution is -0.138. The monoisotopic (exact) mass is 359 g/mol. The fraction of sp³-hybridized carbons (Fsp3) is 0.286. The summed E-state index contributed by atoms with van der Waals surface area (Å²) in [4.78, 5) is 14.2. The third-order valence-electron chi connectivity index (χ3n) is 4.24. The Bertz CT molecular complexity index is 656. The number of carbonyl (C=O) groups is 1. The maximum Gasteiger partial charge on any atom is 0.330 e. The van der Waals surface area contributed by atoms with E-state index in [4.69, 9.17) is 4.74 Å². The van der Waals surface area contributed by atoms with Gasteiger partial charge in [0.25, 0.3) is 0 Å². The van der Waals surface area contributed by atoms with Crippen LogP contribution in [0.5, 0.6) is 0 Å². The summed E-state index contributed by atoms with van der Waals surface area (Å²) in [5.41, 5.74) is 2.16. The van der Waals surface area contributed by atoms with Crippen molar-refractivity contribution in [2.45, 2.75) is 18.9 Å². The van der Waals surface area contributed by atoms with Crippen molar-refractivity contribution in [2.24, 2.45) is 0 Å². The number of nitrogens with zero attached hydrogens (tertiary/aromatic N) is 1. The maximum atomic E-state index is 12.0. The van der Waals surface area contributed by atoms with Crippen LogP contribution in [-0.4, -0.2) is 37.6 Å². The van der Waals surface area contributed by atoms with E-state index < -0.39 is 0 Å². The number of esters is 1. The minimum atomic E-state index is -0.314. The molecule has 3 nitrogen and oxygen atoms in total. The molecular formula is C21H26ClNO2. The minimum absolute atomic E-state index is 0. The van der Waals surface area contributed by atoms with Gasteiger partial charge in [0.2, 0.25) is 0 Å². The first-order valence-electron chi connectivity index (χ1n) is 8.19. The fourth-order valence-electron chi connectivity index (χ4n) is 2.52. The van der Waals surface area contributed by atoms with Crippen LogP contribution in [0.2, 0.25) is 0 Å². The molecule has 4 heteroatoms. The molecule has 0 radical (unpaired) electrons. The van der Waals surface area contributed by atoms with Crippen molar-refractivity contribution in [1.29, 1.82) is 0 Å². The van der Waals surface area contributed by atoms with Gasteiger partial charge in [-0.15, -0.1) is 12.4 Å². The van der Waals surface area contributed by atoms with E-state index in [0.29, 0.717) is 6.61 Å². The van der Waals surface area contributed by atoms with Crippen molar-refractivity contribution in [3.8, 4) is 0 Å². The molecule has 0 amide bonds. The van der Waals surface area contributed by atoms with Crippen molar-refractivity contribution >= 4 is 24.5 Å². The lowest BCUT2D eigenvalue weighted by atomic mass is 9.92. The van der Waals surface area contributed by atoms with Crippen LogP contribution < -0.4 is 0 Å². The first-order chi connectivity index (χ1) is 11.6. The quantitative estimate of drug-likeness (QED) is 0.542. The standard InChI is InChI=1S/C21H25NO2.ClH/c1-17(22(2)3)20(19-12-8-5-9-13-19)16-24-21(23)15-14-18-10-6-4-7-11-18;/h4-15,17,20H,16H2,1-3H3;1H. The number of benzene rings is 2. The van der Waals surface area contributed by atoms with Crippen LogP contribution in [0.25, 0.3) is 6.08 Å². The van der Waals surface area contributed by atoms with E-state index in [1.807, 2.05) is 62.6 Å². The predicted molar refractivity (Wildman–Crippen MR) is 106 cm³/mol. The van der Waals surface area contributed by atoms with Crippen LogP contribution >= 0.6 is 12.4 Å². The zero-order valence-corrected chi connectivity index (χ0v) is 15.8. The maximum absolute atomic E-state index is 12.0. The fourth-order valence-corrected chi connectivity index (χ4v) is 2.52. The normalized spacial score (nSPS) is 13.3. The summed E-state index contributed by atoms with van der Waals surface area (Å²) in [6.45, 7) is 2.51. The summed E-state index contributed by atoms with van der Waals surface area (Å²) in [7, 11) is 4.08. The number of rotatable bonds is 7. The molecule has 2 unspecified atom stereocenters. The lowest BCUT2D eigenvalue weighted by Gasteiger charge is -2.29. The number of ether oxygens (including phenoxy) is 1. The lowest BCUT2D eigenvalue weighted by Crippen LogP contribution is -2.34. The summed E-state index contributed by atoms with van der Waals surface area (Å²) < 4.78 is 5.50. The molecule has 0 fully saturated rings. The van der Waals surface area contributed by atoms with Crippen molar-refractivity contribution < 1.29 is 9.53 Å². The Morgan fingerprint density at radius 1 is 1.04 bits per heavy atom. The van der Waals surface area contributed by atoms with Gasteiger partial charge >= 0.3 is 5.97 Å². The van der Waals surface area contributed by atoms with Gasteiger partial charge in [0.1, 0.15) is 0 Å². The molecule has 0 aromatic heterocycles. The smallest absolute Gasteiger partial charge is 0.330 e. The van der Waals surface area contributed by atoms with Gasteiger partial charge in [-0.1, -0.05) is 60.7 Å². The Kier molecular flexibility index (Phi) is 8.96. The van der Waals surface area contributed by atoms with Crippen LogP contribution in [-0.2, 0) is 9.53 Å². The Hall–Kier alpha value is -2.10. The largest absolute Gasteiger partial charge is 0.462 e. The minimum Gasteiger partial charge on any atom is -0.462 e. The average molecular weight is 360 g/mol. The summed E-state index contributed by atoms with van der Waals surface area (Å²) in [5.74, 6) is -0.180. The van der Waals surface area contributed by atoms with Crippen molar-refractivity contribution in [3.05, 3.63) is 77.9 Å². The number of halogens is 1. The molecule has 2 aromatic carbocycles. The summed E-state index contributed by atoms with van der Waals surface area (Å²) in [6, 6.07) is 20.2. The van der Waals surface area contributed by atoms with Gasteiger partial charge in [-0.3, -0.25) is 0 Å². The summed E-state index contributed by atoms with van der Waals surface area (Å²) >= 11 is 0. The Morgan fingerprint density at radius 3 is 2.16 bits per heavy atom. The molecule has 0 aliphatic heterocycles. The zero-order chi connectivity index (χ0) is 17.4. The molecule has 0 saturated heterocycles. The van der Waals surface area contributed by atoms with Gasteiger partial charge in [-0.05, 0) is 38.2 Å². The van der Waals surface area contributed by atoms with Gasteiger partial charge < -0.3 is 9.64 Å². The van der Waals surface area contributed by atoms with Gasteiger partial charge in [0.15, 0.2) is 0 Å². The van der Waals surface area contributed by atoms with Gasteiger partial charge in [-0.2, -0.15) is 0 Å². The summed E-state index contributed by atoms with van der Waals surface area (Å²) in [5, 5.41) is 0. The second kappa shape index (κ2) is 10.7. The molecule has 0 saturated carbocycles. The van der Waals surface area contributed by atoms with Crippen molar-refractivity contribution in [2.75, 3.05) is 20.7 Å². The first kappa shape index (κ1) is 20.9. The SMILES string of the molecule is CC(C(COC(=O)C=Cc1ccccc1)c1ccccc1)N(C)C.Cl. The number of carbonyl (C=O) groups excluding carboxylic acids is 1. The van der Waals surface area contributed by atoms with Crippen LogP contribution in [0.15, 0.2) is 66.7 Å². The van der Waals surface area contributed by atoms with E-state index in [2.05, 4.69) is 24.0 Å². The molecule has 2 atom stereocenters. The van der Waals surface area contributed by atoms with Gasteiger partial charge in [0.05, 0.1) is 6.61 Å². The second-order valence-corrected chi connectivity index (χ2v) is 6.10. The van der Waals surface area contributed by atoms with Crippen LogP contribution in [0, 0.1) is 0 Å². The topological polar surface area (TPSA) is 29.5 Å². The van der Waals surface area contributed by atoms with Crippen LogP contribution in [0.3, 0.4) is 0 Å². The highest BCUT2D eigenvalue weighted by Gasteiger charge is 2.22. The highest BCUT2D eigenvalue weighted by molar-refractivity contribution is 5.87. The average Bonchev–Trinajstić information content (AvgIpc) is 2.61. The molecule has 2 aromatic rings. The van der Waals surface area contributed by atoms with Gasteiger partial charge in [-0.25, -0.2) is 4.79 Å². The molecule has 0 N–H and O–H groups in total. The molecule has 2 rings (SSSR count). The number of hydrogen-bond donors (Lipinski definition) is 0. The first-order valence-corrected chi connectivity index (χ1v) is 8.19. The second-order valence-electron chi connectivity index (χ2n) is 6.10. The molecule has 25 heavy (non-hydrogen) atoms. The molecule has 0 bridgehead atoms. The van der Waals surface area contributed by atoms with Crippen molar-refractivity contribution in [3.63, 3.8) is 0 Å². The molecule has 0 aliphatic rings. The summed E-state index contributed by atoms with van der Waals surface area (Å²) in [6.07, 6.45) is 3.26. The van der Waals surface area contributed by atoms with E-state index in [9.17, 15) is 4.79 Å². The van der Waals surface area contributed by atoms with Crippen LogP contribution in [0.1, 0.15) is 24.0 Å². The Balaban J connectivity index is 0.00000312. The Labute approximate surface area is 156 Å². The number of hydrogen-bond acceptors (Lipinski definition) is 3. The predicted octanol–water partition coefficient (Wildman–Crippen LogP) is 4.40. The van der Waals surface area contributed by atoms with Gasteiger partial charge in [0, 0.05) is 18.0 Å². The third kappa shape index (κ3) is 6.73. The Morgan fingerprint density at radius 2 is 1.60 bits per heavy atom.